The minimum Gasteiger partial charge on any atom is -0.368 e. The maximum atomic E-state index is 14.2. The number of rotatable bonds is 4. The van der Waals surface area contributed by atoms with Gasteiger partial charge in [-0.15, -0.1) is 0 Å². The SMILES string of the molecule is CNC(=O)c1ccc(-c2ccc3c(c2)N(C(=O)C2OCCC2C2CCCCCCC2)C[C@H](C)N3C(C)=O)cn1. The summed E-state index contributed by atoms with van der Waals surface area (Å²) in [6, 6.07) is 9.20. The first-order valence-electron chi connectivity index (χ1n) is 14.4. The normalized spacial score (nSPS) is 24.0. The number of carbonyl (C=O) groups is 3. The van der Waals surface area contributed by atoms with Crippen LogP contribution in [0.2, 0.25) is 0 Å². The summed E-state index contributed by atoms with van der Waals surface area (Å²) in [5, 5.41) is 2.58. The smallest absolute Gasteiger partial charge is 0.269 e. The largest absolute Gasteiger partial charge is 0.368 e. The number of hydrogen-bond donors (Lipinski definition) is 1. The second-order valence-corrected chi connectivity index (χ2v) is 11.3. The number of carbonyl (C=O) groups excluding carboxylic acids is 3. The number of nitrogens with zero attached hydrogens (tertiary/aromatic N) is 3. The van der Waals surface area contributed by atoms with E-state index in [1.54, 1.807) is 31.1 Å². The minimum atomic E-state index is -0.449. The van der Waals surface area contributed by atoms with Crippen LogP contribution in [-0.2, 0) is 14.3 Å². The number of benzene rings is 1. The molecule has 1 saturated carbocycles. The monoisotopic (exact) mass is 532 g/mol. The highest BCUT2D eigenvalue weighted by atomic mass is 16.5. The van der Waals surface area contributed by atoms with E-state index in [0.717, 1.165) is 23.2 Å². The summed E-state index contributed by atoms with van der Waals surface area (Å²) >= 11 is 0. The first-order valence-corrected chi connectivity index (χ1v) is 14.4. The van der Waals surface area contributed by atoms with E-state index in [-0.39, 0.29) is 29.7 Å². The number of nitrogens with one attached hydrogen (secondary N) is 1. The van der Waals surface area contributed by atoms with Gasteiger partial charge in [0.25, 0.3) is 11.8 Å². The van der Waals surface area contributed by atoms with Crippen LogP contribution in [0.15, 0.2) is 36.5 Å². The number of ether oxygens (including phenoxy) is 1. The lowest BCUT2D eigenvalue weighted by Gasteiger charge is -2.42. The van der Waals surface area contributed by atoms with Gasteiger partial charge in [0.2, 0.25) is 5.91 Å². The van der Waals surface area contributed by atoms with E-state index in [2.05, 4.69) is 10.3 Å². The molecular weight excluding hydrogens is 492 g/mol. The van der Waals surface area contributed by atoms with E-state index in [4.69, 9.17) is 4.74 Å². The average molecular weight is 533 g/mol. The van der Waals surface area contributed by atoms with Crippen molar-refractivity contribution in [1.82, 2.24) is 10.3 Å². The van der Waals surface area contributed by atoms with E-state index in [1.807, 2.05) is 36.1 Å². The zero-order chi connectivity index (χ0) is 27.5. The van der Waals surface area contributed by atoms with Crippen molar-refractivity contribution >= 4 is 29.1 Å². The van der Waals surface area contributed by atoms with Crippen molar-refractivity contribution in [3.63, 3.8) is 0 Å². The number of aromatic nitrogens is 1. The minimum absolute atomic E-state index is 0.00102. The second kappa shape index (κ2) is 11.9. The molecule has 2 unspecified atom stereocenters. The lowest BCUT2D eigenvalue weighted by Crippen LogP contribution is -2.54. The molecule has 1 aromatic carbocycles. The van der Waals surface area contributed by atoms with Crippen molar-refractivity contribution < 1.29 is 19.1 Å². The molecule has 3 atom stereocenters. The molecule has 208 valence electrons. The molecule has 0 radical (unpaired) electrons. The molecular formula is C31H40N4O4. The van der Waals surface area contributed by atoms with Crippen LogP contribution in [0.1, 0.15) is 75.7 Å². The van der Waals surface area contributed by atoms with Gasteiger partial charge in [-0.25, -0.2) is 0 Å². The van der Waals surface area contributed by atoms with Crippen LogP contribution in [0, 0.1) is 11.8 Å². The highest BCUT2D eigenvalue weighted by Crippen LogP contribution is 2.42. The Kier molecular flexibility index (Phi) is 8.31. The number of anilines is 2. The summed E-state index contributed by atoms with van der Waals surface area (Å²) in [7, 11) is 1.57. The molecule has 8 nitrogen and oxygen atoms in total. The van der Waals surface area contributed by atoms with Gasteiger partial charge in [0.15, 0.2) is 0 Å². The Bertz CT molecular complexity index is 1210. The van der Waals surface area contributed by atoms with E-state index < -0.39 is 6.10 Å². The van der Waals surface area contributed by atoms with Crippen LogP contribution in [0.4, 0.5) is 11.4 Å². The van der Waals surface area contributed by atoms with Crippen molar-refractivity contribution in [1.29, 1.82) is 0 Å². The molecule has 1 aromatic heterocycles. The van der Waals surface area contributed by atoms with Gasteiger partial charge < -0.3 is 19.9 Å². The molecule has 5 rings (SSSR count). The first-order chi connectivity index (χ1) is 18.9. The van der Waals surface area contributed by atoms with Gasteiger partial charge in [-0.2, -0.15) is 0 Å². The molecule has 3 amide bonds. The van der Waals surface area contributed by atoms with Gasteiger partial charge in [0.05, 0.1) is 17.4 Å². The number of pyridine rings is 1. The Morgan fingerprint density at radius 2 is 1.67 bits per heavy atom. The zero-order valence-electron chi connectivity index (χ0n) is 23.3. The predicted octanol–water partition coefficient (Wildman–Crippen LogP) is 4.96. The molecule has 1 aliphatic carbocycles. The van der Waals surface area contributed by atoms with Crippen molar-refractivity contribution in [3.05, 3.63) is 42.2 Å². The summed E-state index contributed by atoms with van der Waals surface area (Å²) in [6.45, 7) is 4.59. The standard InChI is InChI=1S/C31H40N4O4/c1-20-19-34(31(38)29-25(15-16-39-29)22-9-7-5-4-6-8-10-22)28-17-23(12-14-27(28)35(20)21(2)36)24-11-13-26(33-18-24)30(37)32-3/h11-14,17-18,20,22,25,29H,4-10,15-16,19H2,1-3H3,(H,32,37)/t20-,25?,29?/m0/s1. The number of amides is 3. The number of hydrogen-bond acceptors (Lipinski definition) is 5. The fourth-order valence-electron chi connectivity index (χ4n) is 6.73. The van der Waals surface area contributed by atoms with Gasteiger partial charge in [-0.1, -0.05) is 57.1 Å². The molecule has 1 N–H and O–H groups in total. The van der Waals surface area contributed by atoms with Gasteiger partial charge in [-0.3, -0.25) is 19.4 Å². The lowest BCUT2D eigenvalue weighted by molar-refractivity contribution is -0.130. The Labute approximate surface area is 231 Å². The van der Waals surface area contributed by atoms with E-state index in [1.165, 1.54) is 44.9 Å². The quantitative estimate of drug-likeness (QED) is 0.601. The molecule has 2 aliphatic heterocycles. The highest BCUT2D eigenvalue weighted by molar-refractivity contribution is 6.06. The van der Waals surface area contributed by atoms with Crippen molar-refractivity contribution in [2.24, 2.45) is 11.8 Å². The topological polar surface area (TPSA) is 91.8 Å². The maximum absolute atomic E-state index is 14.2. The summed E-state index contributed by atoms with van der Waals surface area (Å²) in [5.74, 6) is 0.467. The van der Waals surface area contributed by atoms with Crippen molar-refractivity contribution in [2.75, 3.05) is 30.0 Å². The third-order valence-electron chi connectivity index (χ3n) is 8.71. The van der Waals surface area contributed by atoms with E-state index in [0.29, 0.717) is 30.5 Å². The van der Waals surface area contributed by atoms with Crippen LogP contribution in [-0.4, -0.2) is 55.1 Å². The molecule has 39 heavy (non-hydrogen) atoms. The first kappa shape index (κ1) is 27.3. The number of fused-ring (bicyclic) bond motifs is 1. The summed E-state index contributed by atoms with van der Waals surface area (Å²) in [4.78, 5) is 46.8. The highest BCUT2D eigenvalue weighted by Gasteiger charge is 2.43. The summed E-state index contributed by atoms with van der Waals surface area (Å²) < 4.78 is 6.17. The van der Waals surface area contributed by atoms with Crippen molar-refractivity contribution in [3.8, 4) is 11.1 Å². The predicted molar refractivity (Wildman–Crippen MR) is 152 cm³/mol. The van der Waals surface area contributed by atoms with Crippen LogP contribution in [0.25, 0.3) is 11.1 Å². The Morgan fingerprint density at radius 1 is 0.949 bits per heavy atom. The molecule has 8 heteroatoms. The maximum Gasteiger partial charge on any atom is 0.269 e. The fraction of sp³-hybridized carbons (Fsp3) is 0.548. The van der Waals surface area contributed by atoms with Gasteiger partial charge in [0, 0.05) is 38.9 Å². The van der Waals surface area contributed by atoms with Gasteiger partial charge >= 0.3 is 0 Å². The third kappa shape index (κ3) is 5.57. The molecule has 0 spiro atoms. The molecule has 1 saturated heterocycles. The molecule has 3 heterocycles. The van der Waals surface area contributed by atoms with E-state index in [9.17, 15) is 14.4 Å². The Balaban J connectivity index is 1.48. The van der Waals surface area contributed by atoms with Crippen LogP contribution in [0.5, 0.6) is 0 Å². The van der Waals surface area contributed by atoms with Crippen LogP contribution in [0.3, 0.4) is 0 Å². The summed E-state index contributed by atoms with van der Waals surface area (Å²) in [5.41, 5.74) is 3.48. The fourth-order valence-corrected chi connectivity index (χ4v) is 6.73. The third-order valence-corrected chi connectivity index (χ3v) is 8.71. The van der Waals surface area contributed by atoms with Crippen LogP contribution >= 0.6 is 0 Å². The molecule has 0 bridgehead atoms. The summed E-state index contributed by atoms with van der Waals surface area (Å²) in [6.07, 6.45) is 10.8. The zero-order valence-corrected chi connectivity index (χ0v) is 23.3. The Hall–Kier alpha value is -3.26. The lowest BCUT2D eigenvalue weighted by atomic mass is 9.78. The molecule has 2 fully saturated rings. The Morgan fingerprint density at radius 3 is 2.33 bits per heavy atom. The molecule has 3 aliphatic rings. The van der Waals surface area contributed by atoms with E-state index >= 15 is 0 Å². The average Bonchev–Trinajstić information content (AvgIpc) is 3.41. The van der Waals surface area contributed by atoms with Crippen molar-refractivity contribution in [2.45, 2.75) is 77.4 Å². The van der Waals surface area contributed by atoms with Crippen LogP contribution < -0.4 is 15.1 Å². The van der Waals surface area contributed by atoms with Gasteiger partial charge in [0.1, 0.15) is 11.8 Å². The van der Waals surface area contributed by atoms with Gasteiger partial charge in [-0.05, 0) is 48.9 Å². The second-order valence-electron chi connectivity index (χ2n) is 11.3. The molecule has 2 aromatic rings.